The number of carbonyl (C=O) groups excluding carboxylic acids is 3. The highest BCUT2D eigenvalue weighted by Crippen LogP contribution is 2.34. The van der Waals surface area contributed by atoms with E-state index in [0.717, 1.165) is 10.5 Å². The van der Waals surface area contributed by atoms with Crippen LogP contribution in [0, 0.1) is 24.0 Å². The van der Waals surface area contributed by atoms with Gasteiger partial charge >= 0.3 is 6.03 Å². The number of hydrogen-bond acceptors (Lipinski definition) is 5. The van der Waals surface area contributed by atoms with Crippen LogP contribution in [0.15, 0.2) is 40.9 Å². The molecule has 156 valence electrons. The molecule has 1 aliphatic heterocycles. The van der Waals surface area contributed by atoms with Crippen molar-refractivity contribution >= 4 is 45.2 Å². The van der Waals surface area contributed by atoms with Gasteiger partial charge in [0.15, 0.2) is 0 Å². The lowest BCUT2D eigenvalue weighted by Crippen LogP contribution is -2.42. The number of carbonyl (C=O) groups is 3. The Labute approximate surface area is 180 Å². The average Bonchev–Trinajstić information content (AvgIpc) is 2.88. The number of hydrogen-bond donors (Lipinski definition) is 2. The molecule has 30 heavy (non-hydrogen) atoms. The predicted molar refractivity (Wildman–Crippen MR) is 113 cm³/mol. The van der Waals surface area contributed by atoms with Crippen molar-refractivity contribution in [3.63, 3.8) is 0 Å². The van der Waals surface area contributed by atoms with Gasteiger partial charge in [0.2, 0.25) is 5.91 Å². The summed E-state index contributed by atoms with van der Waals surface area (Å²) in [5, 5.41) is 16.4. The van der Waals surface area contributed by atoms with Crippen LogP contribution in [0.4, 0.5) is 16.2 Å². The van der Waals surface area contributed by atoms with Crippen molar-refractivity contribution in [2.45, 2.75) is 26.3 Å². The summed E-state index contributed by atoms with van der Waals surface area (Å²) in [7, 11) is 0. The van der Waals surface area contributed by atoms with Gasteiger partial charge in [0.25, 0.3) is 11.6 Å². The second-order valence-corrected chi connectivity index (χ2v) is 8.04. The molecule has 0 aromatic heterocycles. The third-order valence-corrected chi connectivity index (χ3v) is 5.76. The molecule has 2 aromatic carbocycles. The molecule has 0 radical (unpaired) electrons. The second-order valence-electron chi connectivity index (χ2n) is 7.19. The van der Waals surface area contributed by atoms with Crippen LogP contribution in [0.5, 0.6) is 0 Å². The van der Waals surface area contributed by atoms with Gasteiger partial charge in [-0.2, -0.15) is 0 Å². The Bertz CT molecular complexity index is 1090. The summed E-state index contributed by atoms with van der Waals surface area (Å²) in [4.78, 5) is 49.5. The van der Waals surface area contributed by atoms with E-state index in [1.165, 1.54) is 12.1 Å². The van der Waals surface area contributed by atoms with Crippen LogP contribution in [0.25, 0.3) is 0 Å². The Kier molecular flexibility index (Phi) is 5.62. The fourth-order valence-corrected chi connectivity index (χ4v) is 3.96. The van der Waals surface area contributed by atoms with Gasteiger partial charge < -0.3 is 10.6 Å². The van der Waals surface area contributed by atoms with Gasteiger partial charge in [-0.3, -0.25) is 24.6 Å². The number of benzene rings is 2. The molecule has 10 heteroatoms. The second kappa shape index (κ2) is 7.86. The lowest BCUT2D eigenvalue weighted by molar-refractivity contribution is -0.384. The van der Waals surface area contributed by atoms with Crippen LogP contribution < -0.4 is 10.6 Å². The average molecular weight is 475 g/mol. The maximum Gasteiger partial charge on any atom is 0.325 e. The van der Waals surface area contributed by atoms with E-state index in [9.17, 15) is 24.5 Å². The predicted octanol–water partition coefficient (Wildman–Crippen LogP) is 3.38. The van der Waals surface area contributed by atoms with Crippen molar-refractivity contribution in [1.82, 2.24) is 10.2 Å². The highest BCUT2D eigenvalue weighted by molar-refractivity contribution is 9.10. The minimum Gasteiger partial charge on any atom is -0.319 e. The third-order valence-electron chi connectivity index (χ3n) is 5.07. The zero-order chi connectivity index (χ0) is 22.2. The van der Waals surface area contributed by atoms with Crippen LogP contribution in [0.1, 0.15) is 23.6 Å². The minimum absolute atomic E-state index is 0.00807. The molecule has 1 aliphatic rings. The number of aryl methyl sites for hydroxylation is 2. The number of nitro groups is 1. The van der Waals surface area contributed by atoms with Gasteiger partial charge in [-0.1, -0.05) is 34.1 Å². The van der Waals surface area contributed by atoms with Gasteiger partial charge in [0.05, 0.1) is 4.92 Å². The Balaban J connectivity index is 1.82. The highest BCUT2D eigenvalue weighted by Gasteiger charge is 2.50. The standard InChI is InChI=1S/C20H19BrN4O5/c1-11-8-15(16(25(29)30)9-12(11)2)22-17(26)10-24-18(27)20(3,23-19(24)28)13-6-4-5-7-14(13)21/h4-9H,10H2,1-3H3,(H,22,26)(H,23,28)/t20-/m0/s1. The van der Waals surface area contributed by atoms with E-state index in [0.29, 0.717) is 15.6 Å². The molecule has 1 fully saturated rings. The van der Waals surface area contributed by atoms with Crippen LogP contribution in [-0.4, -0.2) is 34.2 Å². The summed E-state index contributed by atoms with van der Waals surface area (Å²) >= 11 is 3.37. The molecule has 2 N–H and O–H groups in total. The summed E-state index contributed by atoms with van der Waals surface area (Å²) in [6, 6.07) is 9.09. The first-order valence-electron chi connectivity index (χ1n) is 8.99. The minimum atomic E-state index is -1.34. The first kappa shape index (κ1) is 21.4. The van der Waals surface area contributed by atoms with Crippen molar-refractivity contribution in [3.8, 4) is 0 Å². The number of imide groups is 1. The summed E-state index contributed by atoms with van der Waals surface area (Å²) < 4.78 is 0.637. The van der Waals surface area contributed by atoms with E-state index in [-0.39, 0.29) is 11.4 Å². The molecule has 0 unspecified atom stereocenters. The summed E-state index contributed by atoms with van der Waals surface area (Å²) in [6.07, 6.45) is 0. The number of nitro benzene ring substituents is 1. The highest BCUT2D eigenvalue weighted by atomic mass is 79.9. The molecule has 1 saturated heterocycles. The quantitative estimate of drug-likeness (QED) is 0.390. The largest absolute Gasteiger partial charge is 0.325 e. The van der Waals surface area contributed by atoms with Crippen molar-refractivity contribution in [2.24, 2.45) is 0 Å². The molecule has 4 amide bonds. The Morgan fingerprint density at radius 3 is 2.50 bits per heavy atom. The lowest BCUT2D eigenvalue weighted by atomic mass is 9.92. The Morgan fingerprint density at radius 2 is 1.87 bits per heavy atom. The molecule has 9 nitrogen and oxygen atoms in total. The van der Waals surface area contributed by atoms with E-state index in [1.54, 1.807) is 45.0 Å². The Hall–Kier alpha value is -3.27. The zero-order valence-corrected chi connectivity index (χ0v) is 18.1. The van der Waals surface area contributed by atoms with E-state index in [4.69, 9.17) is 0 Å². The normalized spacial score (nSPS) is 18.3. The summed E-state index contributed by atoms with van der Waals surface area (Å²) in [5.74, 6) is -1.31. The molecule has 3 rings (SSSR count). The van der Waals surface area contributed by atoms with E-state index in [1.807, 2.05) is 0 Å². The number of anilines is 1. The first-order chi connectivity index (χ1) is 14.0. The monoisotopic (exact) mass is 474 g/mol. The fraction of sp³-hybridized carbons (Fsp3) is 0.250. The van der Waals surface area contributed by atoms with Gasteiger partial charge in [0.1, 0.15) is 17.8 Å². The fourth-order valence-electron chi connectivity index (χ4n) is 3.28. The molecule has 1 atom stereocenters. The van der Waals surface area contributed by atoms with Crippen molar-refractivity contribution in [3.05, 3.63) is 67.7 Å². The molecule has 0 bridgehead atoms. The molecular formula is C20H19BrN4O5. The van der Waals surface area contributed by atoms with Crippen LogP contribution in [0.2, 0.25) is 0 Å². The summed E-state index contributed by atoms with van der Waals surface area (Å²) in [5.41, 5.74) is 0.418. The number of urea groups is 1. The maximum atomic E-state index is 13.0. The van der Waals surface area contributed by atoms with Crippen LogP contribution in [-0.2, 0) is 15.1 Å². The van der Waals surface area contributed by atoms with Crippen molar-refractivity contribution < 1.29 is 19.3 Å². The van der Waals surface area contributed by atoms with E-state index < -0.39 is 34.9 Å². The van der Waals surface area contributed by atoms with Crippen molar-refractivity contribution in [2.75, 3.05) is 11.9 Å². The molecule has 0 aliphatic carbocycles. The van der Waals surface area contributed by atoms with Gasteiger partial charge in [-0.15, -0.1) is 0 Å². The van der Waals surface area contributed by atoms with E-state index >= 15 is 0 Å². The molecular weight excluding hydrogens is 456 g/mol. The first-order valence-corrected chi connectivity index (χ1v) is 9.78. The smallest absolute Gasteiger partial charge is 0.319 e. The SMILES string of the molecule is Cc1cc(NC(=O)CN2C(=O)N[C@@](C)(c3ccccc3Br)C2=O)c([N+](=O)[O-])cc1C. The number of amides is 4. The molecule has 0 saturated carbocycles. The van der Waals surface area contributed by atoms with Gasteiger partial charge in [0, 0.05) is 16.1 Å². The van der Waals surface area contributed by atoms with Crippen LogP contribution >= 0.6 is 15.9 Å². The number of nitrogens with one attached hydrogen (secondary N) is 2. The zero-order valence-electron chi connectivity index (χ0n) is 16.5. The van der Waals surface area contributed by atoms with Gasteiger partial charge in [-0.25, -0.2) is 4.79 Å². The van der Waals surface area contributed by atoms with Crippen LogP contribution in [0.3, 0.4) is 0 Å². The summed E-state index contributed by atoms with van der Waals surface area (Å²) in [6.45, 7) is 4.47. The number of nitrogens with zero attached hydrogens (tertiary/aromatic N) is 2. The molecule has 2 aromatic rings. The van der Waals surface area contributed by atoms with Gasteiger partial charge in [-0.05, 0) is 44.0 Å². The third kappa shape index (κ3) is 3.78. The topological polar surface area (TPSA) is 122 Å². The lowest BCUT2D eigenvalue weighted by Gasteiger charge is -2.23. The molecule has 0 spiro atoms. The number of halogens is 1. The van der Waals surface area contributed by atoms with Crippen molar-refractivity contribution in [1.29, 1.82) is 0 Å². The molecule has 1 heterocycles. The number of rotatable bonds is 5. The maximum absolute atomic E-state index is 13.0. The van der Waals surface area contributed by atoms with E-state index in [2.05, 4.69) is 26.6 Å². The Morgan fingerprint density at radius 1 is 1.23 bits per heavy atom.